The van der Waals surface area contributed by atoms with Crippen molar-refractivity contribution in [2.75, 3.05) is 6.61 Å². The molecule has 5 nitrogen and oxygen atoms in total. The molecule has 3 aromatic carbocycles. The number of aromatic amines is 1. The van der Waals surface area contributed by atoms with Gasteiger partial charge in [-0.2, -0.15) is 8.42 Å². The van der Waals surface area contributed by atoms with Crippen molar-refractivity contribution in [2.45, 2.75) is 24.7 Å². The Balaban J connectivity index is 1.69. The summed E-state index contributed by atoms with van der Waals surface area (Å²) < 4.78 is 36.7. The summed E-state index contributed by atoms with van der Waals surface area (Å²) in [5.41, 5.74) is 2.85. The zero-order chi connectivity index (χ0) is 21.0. The van der Waals surface area contributed by atoms with Gasteiger partial charge in [-0.25, -0.2) is 0 Å². The molecule has 0 atom stereocenters. The third-order valence-corrected chi connectivity index (χ3v) is 6.02. The molecule has 1 aromatic heterocycles. The SMILES string of the molecule is CCCCOc1cc(-c2cc3ccccc3[nH]2)ccc1OS(=O)(=O)c1ccccc1. The number of rotatable bonds is 8. The molecule has 30 heavy (non-hydrogen) atoms. The second-order valence-electron chi connectivity index (χ2n) is 6.98. The van der Waals surface area contributed by atoms with Crippen molar-refractivity contribution < 1.29 is 17.3 Å². The summed E-state index contributed by atoms with van der Waals surface area (Å²) in [6.07, 6.45) is 1.84. The number of hydrogen-bond donors (Lipinski definition) is 1. The molecule has 0 fully saturated rings. The van der Waals surface area contributed by atoms with E-state index in [1.54, 1.807) is 24.3 Å². The van der Waals surface area contributed by atoms with Crippen LogP contribution in [0.5, 0.6) is 11.5 Å². The molecule has 4 rings (SSSR count). The largest absolute Gasteiger partial charge is 0.490 e. The van der Waals surface area contributed by atoms with Crippen molar-refractivity contribution in [3.63, 3.8) is 0 Å². The first-order valence-corrected chi connectivity index (χ1v) is 11.3. The molecule has 0 amide bonds. The summed E-state index contributed by atoms with van der Waals surface area (Å²) >= 11 is 0. The van der Waals surface area contributed by atoms with Crippen molar-refractivity contribution in [1.29, 1.82) is 0 Å². The molecule has 0 aliphatic rings. The summed E-state index contributed by atoms with van der Waals surface area (Å²) in [5, 5.41) is 1.10. The Kier molecular flexibility index (Phi) is 5.77. The Morgan fingerprint density at radius 2 is 1.63 bits per heavy atom. The summed E-state index contributed by atoms with van der Waals surface area (Å²) in [4.78, 5) is 3.49. The number of ether oxygens (including phenoxy) is 1. The van der Waals surface area contributed by atoms with E-state index in [0.29, 0.717) is 12.4 Å². The van der Waals surface area contributed by atoms with E-state index in [4.69, 9.17) is 8.92 Å². The smallest absolute Gasteiger partial charge is 0.339 e. The van der Waals surface area contributed by atoms with Crippen LogP contribution in [-0.4, -0.2) is 20.0 Å². The molecular weight excluding hydrogens is 398 g/mol. The molecule has 4 aromatic rings. The third-order valence-electron chi connectivity index (χ3n) is 4.77. The Morgan fingerprint density at radius 1 is 0.867 bits per heavy atom. The van der Waals surface area contributed by atoms with Gasteiger partial charge in [0, 0.05) is 22.2 Å². The van der Waals surface area contributed by atoms with Gasteiger partial charge in [-0.3, -0.25) is 0 Å². The van der Waals surface area contributed by atoms with Gasteiger partial charge in [0.05, 0.1) is 6.61 Å². The summed E-state index contributed by atoms with van der Waals surface area (Å²) in [6.45, 7) is 2.55. The zero-order valence-corrected chi connectivity index (χ0v) is 17.5. The van der Waals surface area contributed by atoms with Crippen molar-refractivity contribution in [1.82, 2.24) is 4.98 Å². The van der Waals surface area contributed by atoms with Crippen LogP contribution in [0.1, 0.15) is 19.8 Å². The van der Waals surface area contributed by atoms with Crippen LogP contribution in [0.3, 0.4) is 0 Å². The average molecular weight is 422 g/mol. The van der Waals surface area contributed by atoms with Gasteiger partial charge in [0.1, 0.15) is 4.90 Å². The van der Waals surface area contributed by atoms with E-state index in [9.17, 15) is 8.42 Å². The lowest BCUT2D eigenvalue weighted by Gasteiger charge is -2.14. The first kappa shape index (κ1) is 20.0. The number of hydrogen-bond acceptors (Lipinski definition) is 4. The first-order chi connectivity index (χ1) is 14.6. The first-order valence-electron chi connectivity index (χ1n) is 9.91. The fourth-order valence-corrected chi connectivity index (χ4v) is 4.13. The van der Waals surface area contributed by atoms with Crippen LogP contribution in [0.25, 0.3) is 22.2 Å². The number of unbranched alkanes of at least 4 members (excludes halogenated alkanes) is 1. The fraction of sp³-hybridized carbons (Fsp3) is 0.167. The standard InChI is InChI=1S/C24H23NO4S/c1-2-3-15-28-24-17-19(22-16-18-9-7-8-12-21(18)25-22)13-14-23(24)29-30(26,27)20-10-5-4-6-11-20/h4-14,16-17,25H,2-3,15H2,1H3. The summed E-state index contributed by atoms with van der Waals surface area (Å²) in [7, 11) is -3.95. The second-order valence-corrected chi connectivity index (χ2v) is 8.53. The van der Waals surface area contributed by atoms with E-state index in [1.807, 2.05) is 36.4 Å². The second kappa shape index (κ2) is 8.63. The maximum absolute atomic E-state index is 12.7. The Hall–Kier alpha value is -3.25. The van der Waals surface area contributed by atoms with E-state index >= 15 is 0 Å². The number of aromatic nitrogens is 1. The van der Waals surface area contributed by atoms with Gasteiger partial charge in [-0.05, 0) is 48.9 Å². The van der Waals surface area contributed by atoms with Gasteiger partial charge >= 0.3 is 10.1 Å². The highest BCUT2D eigenvalue weighted by atomic mass is 32.2. The van der Waals surface area contributed by atoms with Crippen LogP contribution in [0.4, 0.5) is 0 Å². The molecule has 0 aliphatic carbocycles. The molecule has 0 unspecified atom stereocenters. The topological polar surface area (TPSA) is 68.4 Å². The van der Waals surface area contributed by atoms with E-state index in [0.717, 1.165) is 35.0 Å². The summed E-state index contributed by atoms with van der Waals surface area (Å²) in [5.74, 6) is 0.578. The predicted molar refractivity (Wildman–Crippen MR) is 118 cm³/mol. The maximum atomic E-state index is 12.7. The molecule has 1 N–H and O–H groups in total. The highest BCUT2D eigenvalue weighted by Crippen LogP contribution is 2.35. The van der Waals surface area contributed by atoms with E-state index < -0.39 is 10.1 Å². The van der Waals surface area contributed by atoms with Crippen LogP contribution >= 0.6 is 0 Å². The number of benzene rings is 3. The normalized spacial score (nSPS) is 11.5. The molecule has 0 saturated carbocycles. The van der Waals surface area contributed by atoms with E-state index in [2.05, 4.69) is 18.0 Å². The van der Waals surface area contributed by atoms with Crippen molar-refractivity contribution in [3.05, 3.63) is 78.9 Å². The van der Waals surface area contributed by atoms with E-state index in [1.165, 1.54) is 12.1 Å². The highest BCUT2D eigenvalue weighted by Gasteiger charge is 2.20. The minimum atomic E-state index is -3.95. The molecule has 0 spiro atoms. The lowest BCUT2D eigenvalue weighted by atomic mass is 10.1. The molecule has 1 heterocycles. The monoisotopic (exact) mass is 421 g/mol. The van der Waals surface area contributed by atoms with Gasteiger partial charge in [0.25, 0.3) is 0 Å². The lowest BCUT2D eigenvalue weighted by Crippen LogP contribution is -2.11. The molecule has 154 valence electrons. The van der Waals surface area contributed by atoms with Gasteiger partial charge in [-0.15, -0.1) is 0 Å². The molecule has 0 saturated heterocycles. The maximum Gasteiger partial charge on any atom is 0.339 e. The lowest BCUT2D eigenvalue weighted by molar-refractivity contribution is 0.300. The van der Waals surface area contributed by atoms with Gasteiger partial charge < -0.3 is 13.9 Å². The number of para-hydroxylation sites is 1. The Labute approximate surface area is 176 Å². The van der Waals surface area contributed by atoms with Crippen LogP contribution in [-0.2, 0) is 10.1 Å². The zero-order valence-electron chi connectivity index (χ0n) is 16.7. The van der Waals surface area contributed by atoms with Gasteiger partial charge in [-0.1, -0.05) is 49.7 Å². The van der Waals surface area contributed by atoms with Crippen LogP contribution in [0, 0.1) is 0 Å². The highest BCUT2D eigenvalue weighted by molar-refractivity contribution is 7.87. The van der Waals surface area contributed by atoms with Crippen LogP contribution < -0.4 is 8.92 Å². The Bertz CT molecular complexity index is 1210. The van der Waals surface area contributed by atoms with Crippen LogP contribution in [0.2, 0.25) is 0 Å². The predicted octanol–water partition coefficient (Wildman–Crippen LogP) is 5.78. The molecular formula is C24H23NO4S. The average Bonchev–Trinajstić information content (AvgIpc) is 3.20. The Morgan fingerprint density at radius 3 is 2.40 bits per heavy atom. The van der Waals surface area contributed by atoms with Crippen molar-refractivity contribution in [2.24, 2.45) is 0 Å². The number of fused-ring (bicyclic) bond motifs is 1. The van der Waals surface area contributed by atoms with Crippen molar-refractivity contribution in [3.8, 4) is 22.8 Å². The third kappa shape index (κ3) is 4.33. The van der Waals surface area contributed by atoms with Gasteiger partial charge in [0.15, 0.2) is 11.5 Å². The minimum absolute atomic E-state index is 0.101. The molecule has 0 radical (unpaired) electrons. The fourth-order valence-electron chi connectivity index (χ4n) is 3.17. The van der Waals surface area contributed by atoms with Gasteiger partial charge in [0.2, 0.25) is 0 Å². The number of nitrogens with one attached hydrogen (secondary N) is 1. The minimum Gasteiger partial charge on any atom is -0.490 e. The quantitative estimate of drug-likeness (QED) is 0.289. The molecule has 0 bridgehead atoms. The van der Waals surface area contributed by atoms with E-state index in [-0.39, 0.29) is 10.6 Å². The van der Waals surface area contributed by atoms with Crippen LogP contribution in [0.15, 0.2) is 83.8 Å². The number of H-pyrrole nitrogens is 1. The molecule has 6 heteroatoms. The molecule has 0 aliphatic heterocycles. The summed E-state index contributed by atoms with van der Waals surface area (Å²) in [6, 6.07) is 23.5. The van der Waals surface area contributed by atoms with Crippen molar-refractivity contribution >= 4 is 21.0 Å².